The molecule has 1 aromatic rings. The molecule has 100 valence electrons. The Morgan fingerprint density at radius 3 is 2.61 bits per heavy atom. The zero-order valence-corrected chi connectivity index (χ0v) is 10.3. The van der Waals surface area contributed by atoms with E-state index in [2.05, 4.69) is 5.32 Å². The number of phenols is 1. The van der Waals surface area contributed by atoms with Crippen molar-refractivity contribution in [2.24, 2.45) is 0 Å². The predicted molar refractivity (Wildman–Crippen MR) is 67.3 cm³/mol. The number of benzene rings is 1. The Morgan fingerprint density at radius 2 is 1.94 bits per heavy atom. The number of hydrogen-bond acceptors (Lipinski definition) is 4. The first-order chi connectivity index (χ1) is 8.72. The van der Waals surface area contributed by atoms with E-state index in [9.17, 15) is 4.79 Å². The third kappa shape index (κ3) is 6.22. The molecule has 3 N–H and O–H groups in total. The highest BCUT2D eigenvalue weighted by atomic mass is 16.5. The maximum Gasteiger partial charge on any atom is 0.224 e. The van der Waals surface area contributed by atoms with E-state index in [-0.39, 0.29) is 18.3 Å². The molecule has 0 atom stereocenters. The molecule has 0 aromatic heterocycles. The van der Waals surface area contributed by atoms with Gasteiger partial charge in [-0.25, -0.2) is 0 Å². The summed E-state index contributed by atoms with van der Waals surface area (Å²) in [6.45, 7) is 1.44. The maximum atomic E-state index is 11.5. The molecule has 18 heavy (non-hydrogen) atoms. The van der Waals surface area contributed by atoms with Gasteiger partial charge in [0.05, 0.1) is 19.6 Å². The predicted octanol–water partition coefficient (Wildman–Crippen LogP) is 0.450. The molecule has 0 radical (unpaired) electrons. The first kappa shape index (κ1) is 14.5. The molecular formula is C13H19NO4. The molecule has 1 aromatic carbocycles. The lowest BCUT2D eigenvalue weighted by Gasteiger charge is -2.06. The van der Waals surface area contributed by atoms with Gasteiger partial charge in [-0.05, 0) is 24.1 Å². The van der Waals surface area contributed by atoms with Gasteiger partial charge < -0.3 is 20.3 Å². The summed E-state index contributed by atoms with van der Waals surface area (Å²) in [6, 6.07) is 6.56. The maximum absolute atomic E-state index is 11.5. The summed E-state index contributed by atoms with van der Waals surface area (Å²) in [4.78, 5) is 11.5. The molecule has 5 nitrogen and oxygen atoms in total. The van der Waals surface area contributed by atoms with Gasteiger partial charge in [0.25, 0.3) is 0 Å². The van der Waals surface area contributed by atoms with Crippen molar-refractivity contribution >= 4 is 5.91 Å². The topological polar surface area (TPSA) is 78.8 Å². The van der Waals surface area contributed by atoms with Crippen molar-refractivity contribution in [3.05, 3.63) is 29.8 Å². The van der Waals surface area contributed by atoms with Crippen molar-refractivity contribution in [2.75, 3.05) is 26.4 Å². The Hall–Kier alpha value is -1.59. The van der Waals surface area contributed by atoms with E-state index >= 15 is 0 Å². The first-order valence-electron chi connectivity index (χ1n) is 5.95. The molecule has 0 saturated carbocycles. The average molecular weight is 253 g/mol. The van der Waals surface area contributed by atoms with Gasteiger partial charge in [-0.2, -0.15) is 0 Å². The third-order valence-electron chi connectivity index (χ3n) is 2.32. The molecule has 0 aliphatic rings. The van der Waals surface area contributed by atoms with Gasteiger partial charge in [0.15, 0.2) is 0 Å². The molecule has 0 bridgehead atoms. The number of carbonyl (C=O) groups is 1. The van der Waals surface area contributed by atoms with Crippen LogP contribution in [0.15, 0.2) is 24.3 Å². The number of aliphatic hydroxyl groups excluding tert-OH is 1. The van der Waals surface area contributed by atoms with Crippen LogP contribution >= 0.6 is 0 Å². The SMILES string of the molecule is O=C(Cc1ccc(O)cc1)NCCCOCCO. The molecule has 0 unspecified atom stereocenters. The van der Waals surface area contributed by atoms with Gasteiger partial charge in [0, 0.05) is 13.2 Å². The number of carbonyl (C=O) groups excluding carboxylic acids is 1. The van der Waals surface area contributed by atoms with Gasteiger partial charge in [-0.15, -0.1) is 0 Å². The van der Waals surface area contributed by atoms with Crippen LogP contribution in [0.1, 0.15) is 12.0 Å². The second-order valence-electron chi connectivity index (χ2n) is 3.88. The van der Waals surface area contributed by atoms with Gasteiger partial charge in [-0.1, -0.05) is 12.1 Å². The number of aromatic hydroxyl groups is 1. The monoisotopic (exact) mass is 253 g/mol. The molecule has 1 rings (SSSR count). The highest BCUT2D eigenvalue weighted by molar-refractivity contribution is 5.78. The van der Waals surface area contributed by atoms with Crippen LogP contribution in [-0.4, -0.2) is 42.5 Å². The Labute approximate surface area is 106 Å². The van der Waals surface area contributed by atoms with Crippen molar-refractivity contribution < 1.29 is 19.7 Å². The van der Waals surface area contributed by atoms with Crippen molar-refractivity contribution in [2.45, 2.75) is 12.8 Å². The number of amides is 1. The van der Waals surface area contributed by atoms with Gasteiger partial charge >= 0.3 is 0 Å². The van der Waals surface area contributed by atoms with Crippen molar-refractivity contribution in [3.63, 3.8) is 0 Å². The minimum atomic E-state index is -0.0529. The fourth-order valence-electron chi connectivity index (χ4n) is 1.43. The van der Waals surface area contributed by atoms with E-state index in [0.717, 1.165) is 12.0 Å². The zero-order valence-electron chi connectivity index (χ0n) is 10.3. The van der Waals surface area contributed by atoms with Crippen molar-refractivity contribution in [1.82, 2.24) is 5.32 Å². The largest absolute Gasteiger partial charge is 0.508 e. The highest BCUT2D eigenvalue weighted by Gasteiger charge is 2.02. The van der Waals surface area contributed by atoms with Crippen LogP contribution < -0.4 is 5.32 Å². The first-order valence-corrected chi connectivity index (χ1v) is 5.95. The summed E-state index contributed by atoms with van der Waals surface area (Å²) in [5, 5.41) is 20.4. The minimum Gasteiger partial charge on any atom is -0.508 e. The summed E-state index contributed by atoms with van der Waals surface area (Å²) in [6.07, 6.45) is 1.03. The molecule has 0 spiro atoms. The summed E-state index contributed by atoms with van der Waals surface area (Å²) >= 11 is 0. The third-order valence-corrected chi connectivity index (χ3v) is 2.32. The Morgan fingerprint density at radius 1 is 1.22 bits per heavy atom. The molecule has 0 saturated heterocycles. The number of nitrogens with one attached hydrogen (secondary N) is 1. The summed E-state index contributed by atoms with van der Waals surface area (Å²) in [7, 11) is 0. The lowest BCUT2D eigenvalue weighted by Crippen LogP contribution is -2.26. The van der Waals surface area contributed by atoms with Crippen LogP contribution in [0.4, 0.5) is 0 Å². The van der Waals surface area contributed by atoms with Crippen molar-refractivity contribution in [3.8, 4) is 5.75 Å². The van der Waals surface area contributed by atoms with Gasteiger partial charge in [0.2, 0.25) is 5.91 Å². The van der Waals surface area contributed by atoms with Gasteiger partial charge in [0.1, 0.15) is 5.75 Å². The van der Waals surface area contributed by atoms with E-state index in [1.165, 1.54) is 0 Å². The van der Waals surface area contributed by atoms with Crippen LogP contribution in [-0.2, 0) is 16.0 Å². The summed E-state index contributed by atoms with van der Waals surface area (Å²) in [5.41, 5.74) is 0.863. The molecule has 0 fully saturated rings. The van der Waals surface area contributed by atoms with Crippen LogP contribution in [0.5, 0.6) is 5.75 Å². The normalized spacial score (nSPS) is 10.3. The van der Waals surface area contributed by atoms with E-state index in [4.69, 9.17) is 14.9 Å². The second-order valence-corrected chi connectivity index (χ2v) is 3.88. The van der Waals surface area contributed by atoms with Crippen molar-refractivity contribution in [1.29, 1.82) is 0 Å². The lowest BCUT2D eigenvalue weighted by molar-refractivity contribution is -0.120. The zero-order chi connectivity index (χ0) is 13.2. The van der Waals surface area contributed by atoms with Crippen LogP contribution in [0.3, 0.4) is 0 Å². The summed E-state index contributed by atoms with van der Waals surface area (Å²) in [5.74, 6) is 0.142. The molecule has 0 heterocycles. The number of aliphatic hydroxyl groups is 1. The van der Waals surface area contributed by atoms with Crippen LogP contribution in [0.25, 0.3) is 0 Å². The standard InChI is InChI=1S/C13H19NO4/c15-7-9-18-8-1-6-14-13(17)10-11-2-4-12(16)5-3-11/h2-5,15-16H,1,6-10H2,(H,14,17). The van der Waals surface area contributed by atoms with Gasteiger partial charge in [-0.3, -0.25) is 4.79 Å². The number of rotatable bonds is 8. The fraction of sp³-hybridized carbons (Fsp3) is 0.462. The minimum absolute atomic E-state index is 0.0210. The average Bonchev–Trinajstić information content (AvgIpc) is 2.36. The van der Waals surface area contributed by atoms with E-state index in [0.29, 0.717) is 26.2 Å². The number of phenolic OH excluding ortho intramolecular Hbond substituents is 1. The Kier molecular flexibility index (Phi) is 6.83. The van der Waals surface area contributed by atoms with Crippen LogP contribution in [0.2, 0.25) is 0 Å². The molecule has 1 amide bonds. The quantitative estimate of drug-likeness (QED) is 0.588. The van der Waals surface area contributed by atoms with Crippen LogP contribution in [0, 0.1) is 0 Å². The van der Waals surface area contributed by atoms with E-state index in [1.807, 2.05) is 0 Å². The Bertz CT molecular complexity index is 351. The molecule has 5 heteroatoms. The Balaban J connectivity index is 2.12. The highest BCUT2D eigenvalue weighted by Crippen LogP contribution is 2.09. The molecule has 0 aliphatic carbocycles. The fourth-order valence-corrected chi connectivity index (χ4v) is 1.43. The summed E-state index contributed by atoms with van der Waals surface area (Å²) < 4.78 is 5.07. The molecular weight excluding hydrogens is 234 g/mol. The smallest absolute Gasteiger partial charge is 0.224 e. The molecule has 0 aliphatic heterocycles. The number of ether oxygens (including phenoxy) is 1. The lowest BCUT2D eigenvalue weighted by atomic mass is 10.1. The van der Waals surface area contributed by atoms with E-state index in [1.54, 1.807) is 24.3 Å². The number of hydrogen-bond donors (Lipinski definition) is 3. The second kappa shape index (κ2) is 8.49. The van der Waals surface area contributed by atoms with E-state index < -0.39 is 0 Å².